The Morgan fingerprint density at radius 3 is 2.95 bits per heavy atom. The molecule has 1 saturated heterocycles. The van der Waals surface area contributed by atoms with Crippen LogP contribution in [0.15, 0.2) is 18.2 Å². The Labute approximate surface area is 119 Å². The van der Waals surface area contributed by atoms with E-state index < -0.39 is 0 Å². The van der Waals surface area contributed by atoms with E-state index in [0.29, 0.717) is 22.2 Å². The summed E-state index contributed by atoms with van der Waals surface area (Å²) in [6, 6.07) is 5.18. The molecule has 19 heavy (non-hydrogen) atoms. The topological polar surface area (TPSA) is 49.6 Å². The van der Waals surface area contributed by atoms with Gasteiger partial charge in [0.2, 0.25) is 0 Å². The molecule has 1 heterocycles. The van der Waals surface area contributed by atoms with E-state index in [1.165, 1.54) is 0 Å². The minimum atomic E-state index is -0.0631. The van der Waals surface area contributed by atoms with Crippen molar-refractivity contribution < 1.29 is 4.79 Å². The van der Waals surface area contributed by atoms with Gasteiger partial charge in [-0.3, -0.25) is 4.79 Å². The van der Waals surface area contributed by atoms with Gasteiger partial charge in [-0.15, -0.1) is 0 Å². The van der Waals surface area contributed by atoms with E-state index in [1.807, 2.05) is 7.05 Å². The first-order chi connectivity index (χ1) is 8.99. The summed E-state index contributed by atoms with van der Waals surface area (Å²) in [7, 11) is 3.93. The van der Waals surface area contributed by atoms with E-state index in [-0.39, 0.29) is 5.91 Å². The number of anilines is 1. The van der Waals surface area contributed by atoms with E-state index in [9.17, 15) is 4.79 Å². The molecule has 1 aliphatic rings. The van der Waals surface area contributed by atoms with Crippen molar-refractivity contribution in [3.05, 3.63) is 28.8 Å². The highest BCUT2D eigenvalue weighted by Gasteiger charge is 2.24. The summed E-state index contributed by atoms with van der Waals surface area (Å²) in [6.45, 7) is 2.91. The predicted molar refractivity (Wildman–Crippen MR) is 78.4 cm³/mol. The molecule has 0 saturated carbocycles. The first-order valence-electron chi connectivity index (χ1n) is 6.47. The highest BCUT2D eigenvalue weighted by Crippen LogP contribution is 2.24. The molecular formula is C14H20ClN3O. The van der Waals surface area contributed by atoms with Crippen LogP contribution in [0.4, 0.5) is 5.69 Å². The van der Waals surface area contributed by atoms with Crippen molar-refractivity contribution in [2.75, 3.05) is 39.5 Å². The number of amides is 1. The Morgan fingerprint density at radius 1 is 1.58 bits per heavy atom. The maximum absolute atomic E-state index is 12.4. The third kappa shape index (κ3) is 3.19. The third-order valence-corrected chi connectivity index (χ3v) is 4.05. The van der Waals surface area contributed by atoms with Crippen molar-refractivity contribution in [3.8, 4) is 0 Å². The summed E-state index contributed by atoms with van der Waals surface area (Å²) in [5, 5.41) is 0.350. The molecule has 104 valence electrons. The normalized spacial score (nSPS) is 19.6. The molecule has 1 amide bonds. The Bertz CT molecular complexity index is 478. The highest BCUT2D eigenvalue weighted by atomic mass is 35.5. The van der Waals surface area contributed by atoms with Gasteiger partial charge in [0.15, 0.2) is 0 Å². The SMILES string of the molecule is CN1CCC(CN(C)C(=O)c2cccc(N)c2Cl)C1. The molecule has 1 atom stereocenters. The molecule has 1 aromatic carbocycles. The summed E-state index contributed by atoms with van der Waals surface area (Å²) < 4.78 is 0. The molecule has 1 unspecified atom stereocenters. The fraction of sp³-hybridized carbons (Fsp3) is 0.500. The average Bonchev–Trinajstić information content (AvgIpc) is 2.77. The maximum Gasteiger partial charge on any atom is 0.255 e. The Hall–Kier alpha value is -1.26. The van der Waals surface area contributed by atoms with E-state index >= 15 is 0 Å². The quantitative estimate of drug-likeness (QED) is 0.862. The summed E-state index contributed by atoms with van der Waals surface area (Å²) in [5.41, 5.74) is 6.66. The van der Waals surface area contributed by atoms with Gasteiger partial charge in [-0.2, -0.15) is 0 Å². The number of nitrogen functional groups attached to an aromatic ring is 1. The fourth-order valence-electron chi connectivity index (χ4n) is 2.57. The molecule has 1 aliphatic heterocycles. The lowest BCUT2D eigenvalue weighted by molar-refractivity contribution is 0.0774. The number of carbonyl (C=O) groups excluding carboxylic acids is 1. The zero-order chi connectivity index (χ0) is 14.0. The average molecular weight is 282 g/mol. The first kappa shape index (κ1) is 14.2. The number of halogens is 1. The van der Waals surface area contributed by atoms with Crippen molar-refractivity contribution in [2.45, 2.75) is 6.42 Å². The molecule has 0 aromatic heterocycles. The second-order valence-electron chi connectivity index (χ2n) is 5.31. The smallest absolute Gasteiger partial charge is 0.255 e. The van der Waals surface area contributed by atoms with Gasteiger partial charge in [0.25, 0.3) is 5.91 Å². The number of nitrogens with two attached hydrogens (primary N) is 1. The lowest BCUT2D eigenvalue weighted by Crippen LogP contribution is -2.33. The van der Waals surface area contributed by atoms with Crippen LogP contribution in [0.1, 0.15) is 16.8 Å². The Morgan fingerprint density at radius 2 is 2.32 bits per heavy atom. The van der Waals surface area contributed by atoms with Crippen LogP contribution in [0, 0.1) is 5.92 Å². The van der Waals surface area contributed by atoms with Crippen molar-refractivity contribution >= 4 is 23.2 Å². The van der Waals surface area contributed by atoms with Gasteiger partial charge in [-0.25, -0.2) is 0 Å². The standard InChI is InChI=1S/C14H20ClN3O/c1-17-7-6-10(8-17)9-18(2)14(19)11-4-3-5-12(16)13(11)15/h3-5,10H,6-9,16H2,1-2H3. The summed E-state index contributed by atoms with van der Waals surface area (Å²) >= 11 is 6.09. The molecule has 5 heteroatoms. The van der Waals surface area contributed by atoms with Crippen LogP contribution < -0.4 is 5.73 Å². The fourth-order valence-corrected chi connectivity index (χ4v) is 2.77. The molecule has 0 spiro atoms. The third-order valence-electron chi connectivity index (χ3n) is 3.63. The van der Waals surface area contributed by atoms with Crippen LogP contribution in [-0.2, 0) is 0 Å². The molecule has 2 N–H and O–H groups in total. The predicted octanol–water partition coefficient (Wildman–Crippen LogP) is 1.95. The number of hydrogen-bond acceptors (Lipinski definition) is 3. The van der Waals surface area contributed by atoms with Gasteiger partial charge in [0.1, 0.15) is 0 Å². The number of benzene rings is 1. The van der Waals surface area contributed by atoms with Crippen LogP contribution in [0.3, 0.4) is 0 Å². The molecule has 0 bridgehead atoms. The number of rotatable bonds is 3. The maximum atomic E-state index is 12.4. The molecule has 1 aromatic rings. The van der Waals surface area contributed by atoms with Crippen LogP contribution in [-0.4, -0.2) is 49.4 Å². The zero-order valence-corrected chi connectivity index (χ0v) is 12.2. The molecular weight excluding hydrogens is 262 g/mol. The lowest BCUT2D eigenvalue weighted by Gasteiger charge is -2.22. The lowest BCUT2D eigenvalue weighted by atomic mass is 10.1. The first-order valence-corrected chi connectivity index (χ1v) is 6.85. The van der Waals surface area contributed by atoms with E-state index in [4.69, 9.17) is 17.3 Å². The minimum Gasteiger partial charge on any atom is -0.398 e. The zero-order valence-electron chi connectivity index (χ0n) is 11.4. The van der Waals surface area contributed by atoms with Gasteiger partial charge in [0, 0.05) is 20.1 Å². The number of nitrogens with zero attached hydrogens (tertiary/aromatic N) is 2. The van der Waals surface area contributed by atoms with Crippen molar-refractivity contribution in [1.82, 2.24) is 9.80 Å². The van der Waals surface area contributed by atoms with Crippen LogP contribution in [0.25, 0.3) is 0 Å². The van der Waals surface area contributed by atoms with Crippen LogP contribution >= 0.6 is 11.6 Å². The monoisotopic (exact) mass is 281 g/mol. The highest BCUT2D eigenvalue weighted by molar-refractivity contribution is 6.36. The summed E-state index contributed by atoms with van der Waals surface area (Å²) in [4.78, 5) is 16.4. The van der Waals surface area contributed by atoms with Crippen LogP contribution in [0.5, 0.6) is 0 Å². The van der Waals surface area contributed by atoms with Gasteiger partial charge >= 0.3 is 0 Å². The van der Waals surface area contributed by atoms with Gasteiger partial charge in [0.05, 0.1) is 16.3 Å². The molecule has 2 rings (SSSR count). The van der Waals surface area contributed by atoms with Crippen LogP contribution in [0.2, 0.25) is 5.02 Å². The number of likely N-dealkylation sites (tertiary alicyclic amines) is 1. The summed E-state index contributed by atoms with van der Waals surface area (Å²) in [5.74, 6) is 0.477. The van der Waals surface area contributed by atoms with Gasteiger partial charge in [-0.1, -0.05) is 17.7 Å². The Balaban J connectivity index is 2.04. The van der Waals surface area contributed by atoms with E-state index in [1.54, 1.807) is 23.1 Å². The van der Waals surface area contributed by atoms with Crippen molar-refractivity contribution in [1.29, 1.82) is 0 Å². The van der Waals surface area contributed by atoms with Gasteiger partial charge < -0.3 is 15.5 Å². The summed E-state index contributed by atoms with van der Waals surface area (Å²) in [6.07, 6.45) is 1.14. The second kappa shape index (κ2) is 5.80. The van der Waals surface area contributed by atoms with Gasteiger partial charge in [-0.05, 0) is 38.1 Å². The minimum absolute atomic E-state index is 0.0631. The van der Waals surface area contributed by atoms with E-state index in [2.05, 4.69) is 11.9 Å². The van der Waals surface area contributed by atoms with Crippen molar-refractivity contribution in [2.24, 2.45) is 5.92 Å². The second-order valence-corrected chi connectivity index (χ2v) is 5.69. The number of hydrogen-bond donors (Lipinski definition) is 1. The van der Waals surface area contributed by atoms with E-state index in [0.717, 1.165) is 26.1 Å². The molecule has 1 fully saturated rings. The molecule has 0 aliphatic carbocycles. The molecule has 4 nitrogen and oxygen atoms in total. The molecule has 0 radical (unpaired) electrons. The Kier molecular flexibility index (Phi) is 4.32. The van der Waals surface area contributed by atoms with Crippen molar-refractivity contribution in [3.63, 3.8) is 0 Å². The largest absolute Gasteiger partial charge is 0.398 e. The number of carbonyl (C=O) groups is 1.